The Bertz CT molecular complexity index is 586. The van der Waals surface area contributed by atoms with E-state index in [1.54, 1.807) is 6.07 Å². The largest absolute Gasteiger partial charge is 0.393 e. The molecule has 0 aromatic heterocycles. The molecule has 1 aromatic rings. The lowest BCUT2D eigenvalue weighted by atomic mass is 9.95. The van der Waals surface area contributed by atoms with Crippen LogP contribution in [-0.4, -0.2) is 36.8 Å². The summed E-state index contributed by atoms with van der Waals surface area (Å²) < 4.78 is 14.1. The number of aliphatic hydroxyl groups is 1. The van der Waals surface area contributed by atoms with Crippen molar-refractivity contribution in [1.29, 1.82) is 0 Å². The number of hydrogen-bond acceptors (Lipinski definition) is 2. The van der Waals surface area contributed by atoms with Crippen molar-refractivity contribution < 1.29 is 9.50 Å². The molecule has 0 spiro atoms. The highest BCUT2D eigenvalue weighted by Crippen LogP contribution is 2.49. The second kappa shape index (κ2) is 7.51. The molecule has 2 unspecified atom stereocenters. The second-order valence-corrected chi connectivity index (χ2v) is 7.09. The predicted octanol–water partition coefficient (Wildman–Crippen LogP) is 2.57. The third-order valence-electron chi connectivity index (χ3n) is 5.33. The first kappa shape index (κ1) is 17.2. The average Bonchev–Trinajstić information content (AvgIpc) is 3.26. The molecule has 0 amide bonds. The molecule has 2 atom stereocenters. The third kappa shape index (κ3) is 3.89. The van der Waals surface area contributed by atoms with E-state index in [-0.39, 0.29) is 17.3 Å². The van der Waals surface area contributed by atoms with Crippen molar-refractivity contribution in [2.45, 2.75) is 50.5 Å². The van der Waals surface area contributed by atoms with E-state index < -0.39 is 0 Å². The summed E-state index contributed by atoms with van der Waals surface area (Å²) >= 11 is 0. The van der Waals surface area contributed by atoms with Crippen LogP contribution in [0.25, 0.3) is 0 Å². The van der Waals surface area contributed by atoms with Crippen molar-refractivity contribution in [3.05, 3.63) is 35.6 Å². The van der Waals surface area contributed by atoms with Gasteiger partial charge in [0.05, 0.1) is 12.6 Å². The number of nitrogens with one attached hydrogen (secondary N) is 2. The van der Waals surface area contributed by atoms with E-state index >= 15 is 0 Å². The molecule has 0 aliphatic heterocycles. The number of rotatable bonds is 6. The molecule has 4 nitrogen and oxygen atoms in total. The van der Waals surface area contributed by atoms with Crippen LogP contribution in [0, 0.1) is 11.7 Å². The Kier molecular flexibility index (Phi) is 5.39. The first-order valence-electron chi connectivity index (χ1n) is 9.10. The first-order valence-corrected chi connectivity index (χ1v) is 9.10. The van der Waals surface area contributed by atoms with Crippen LogP contribution in [0.2, 0.25) is 0 Å². The van der Waals surface area contributed by atoms with Gasteiger partial charge in [-0.2, -0.15) is 0 Å². The molecule has 2 fully saturated rings. The van der Waals surface area contributed by atoms with Crippen molar-refractivity contribution in [2.24, 2.45) is 10.9 Å². The maximum atomic E-state index is 14.1. The highest BCUT2D eigenvalue weighted by atomic mass is 19.1. The molecule has 2 aliphatic rings. The minimum Gasteiger partial charge on any atom is -0.393 e. The number of aliphatic hydroxyl groups excluding tert-OH is 1. The van der Waals surface area contributed by atoms with Gasteiger partial charge in [-0.05, 0) is 44.2 Å². The fourth-order valence-electron chi connectivity index (χ4n) is 3.61. The summed E-state index contributed by atoms with van der Waals surface area (Å²) in [6.07, 6.45) is 4.82. The summed E-state index contributed by atoms with van der Waals surface area (Å²) in [6.45, 7) is 4.15. The van der Waals surface area contributed by atoms with E-state index in [0.717, 1.165) is 56.7 Å². The topological polar surface area (TPSA) is 56.7 Å². The molecular formula is C19H28FN3O. The maximum Gasteiger partial charge on any atom is 0.191 e. The summed E-state index contributed by atoms with van der Waals surface area (Å²) in [5.74, 6) is 0.937. The highest BCUT2D eigenvalue weighted by Gasteiger charge is 2.45. The number of guanidine groups is 1. The number of halogens is 1. The zero-order chi connectivity index (χ0) is 17.0. The van der Waals surface area contributed by atoms with Gasteiger partial charge in [-0.15, -0.1) is 0 Å². The van der Waals surface area contributed by atoms with Crippen molar-refractivity contribution in [3.63, 3.8) is 0 Å². The van der Waals surface area contributed by atoms with Gasteiger partial charge in [-0.1, -0.05) is 24.6 Å². The molecule has 1 aromatic carbocycles. The van der Waals surface area contributed by atoms with Gasteiger partial charge in [0, 0.05) is 24.4 Å². The van der Waals surface area contributed by atoms with Crippen molar-refractivity contribution >= 4 is 5.96 Å². The minimum atomic E-state index is -0.200. The Morgan fingerprint density at radius 1 is 1.29 bits per heavy atom. The Hall–Kier alpha value is -1.62. The zero-order valence-corrected chi connectivity index (χ0v) is 14.4. The fraction of sp³-hybridized carbons (Fsp3) is 0.632. The Balaban J connectivity index is 1.62. The fourth-order valence-corrected chi connectivity index (χ4v) is 3.61. The SMILES string of the molecule is CCNC(=NCC1(c2ccccc2F)CC1)NCC1CCCC1O. The van der Waals surface area contributed by atoms with Crippen molar-refractivity contribution in [3.8, 4) is 0 Å². The van der Waals surface area contributed by atoms with E-state index in [2.05, 4.69) is 10.6 Å². The molecule has 0 radical (unpaired) electrons. The van der Waals surface area contributed by atoms with E-state index in [1.807, 2.05) is 19.1 Å². The lowest BCUT2D eigenvalue weighted by molar-refractivity contribution is 0.134. The van der Waals surface area contributed by atoms with E-state index in [4.69, 9.17) is 4.99 Å². The molecule has 132 valence electrons. The quantitative estimate of drug-likeness (QED) is 0.554. The Morgan fingerprint density at radius 2 is 2.08 bits per heavy atom. The van der Waals surface area contributed by atoms with Gasteiger partial charge in [0.2, 0.25) is 0 Å². The van der Waals surface area contributed by atoms with Crippen LogP contribution in [0.5, 0.6) is 0 Å². The standard InChI is InChI=1S/C19H28FN3O/c1-2-21-18(22-12-14-6-5-9-17(14)24)23-13-19(10-11-19)15-7-3-4-8-16(15)20/h3-4,7-8,14,17,24H,2,5-6,9-13H2,1H3,(H2,21,22,23). The van der Waals surface area contributed by atoms with Gasteiger partial charge in [-0.25, -0.2) is 4.39 Å². The summed E-state index contributed by atoms with van der Waals surface area (Å²) in [6, 6.07) is 7.04. The van der Waals surface area contributed by atoms with Crippen LogP contribution in [0.15, 0.2) is 29.3 Å². The van der Waals surface area contributed by atoms with Gasteiger partial charge in [0.15, 0.2) is 5.96 Å². The first-order chi connectivity index (χ1) is 11.6. The minimum absolute atomic E-state index is 0.128. The van der Waals surface area contributed by atoms with Crippen LogP contribution in [-0.2, 0) is 5.41 Å². The van der Waals surface area contributed by atoms with Gasteiger partial charge in [-0.3, -0.25) is 4.99 Å². The molecule has 3 rings (SSSR count). The summed E-state index contributed by atoms with van der Waals surface area (Å²) in [7, 11) is 0. The lowest BCUT2D eigenvalue weighted by Gasteiger charge is -2.19. The third-order valence-corrected chi connectivity index (χ3v) is 5.33. The number of hydrogen-bond donors (Lipinski definition) is 3. The molecule has 2 aliphatic carbocycles. The van der Waals surface area contributed by atoms with Crippen LogP contribution in [0.1, 0.15) is 44.6 Å². The number of aliphatic imine (C=N–C) groups is 1. The molecule has 2 saturated carbocycles. The smallest absolute Gasteiger partial charge is 0.191 e. The van der Waals surface area contributed by atoms with Gasteiger partial charge >= 0.3 is 0 Å². The molecule has 0 heterocycles. The monoisotopic (exact) mass is 333 g/mol. The van der Waals surface area contributed by atoms with Gasteiger partial charge < -0.3 is 15.7 Å². The Morgan fingerprint density at radius 3 is 2.71 bits per heavy atom. The molecule has 0 saturated heterocycles. The van der Waals surface area contributed by atoms with Crippen LogP contribution in [0.4, 0.5) is 4.39 Å². The number of nitrogens with zero attached hydrogens (tertiary/aromatic N) is 1. The van der Waals surface area contributed by atoms with Crippen LogP contribution in [0.3, 0.4) is 0 Å². The van der Waals surface area contributed by atoms with E-state index in [9.17, 15) is 9.50 Å². The lowest BCUT2D eigenvalue weighted by Crippen LogP contribution is -2.41. The normalized spacial score (nSPS) is 25.5. The number of benzene rings is 1. The highest BCUT2D eigenvalue weighted by molar-refractivity contribution is 5.79. The summed E-state index contributed by atoms with van der Waals surface area (Å²) in [5.41, 5.74) is 0.649. The van der Waals surface area contributed by atoms with E-state index in [0.29, 0.717) is 12.5 Å². The molecule has 0 bridgehead atoms. The van der Waals surface area contributed by atoms with Crippen molar-refractivity contribution in [2.75, 3.05) is 19.6 Å². The second-order valence-electron chi connectivity index (χ2n) is 7.09. The molecule has 5 heteroatoms. The van der Waals surface area contributed by atoms with Crippen LogP contribution < -0.4 is 10.6 Å². The summed E-state index contributed by atoms with van der Waals surface area (Å²) in [5, 5.41) is 16.5. The van der Waals surface area contributed by atoms with Crippen molar-refractivity contribution in [1.82, 2.24) is 10.6 Å². The predicted molar refractivity (Wildman–Crippen MR) is 94.6 cm³/mol. The van der Waals surface area contributed by atoms with Crippen LogP contribution >= 0.6 is 0 Å². The average molecular weight is 333 g/mol. The molecule has 24 heavy (non-hydrogen) atoms. The van der Waals surface area contributed by atoms with Gasteiger partial charge in [0.25, 0.3) is 0 Å². The molecular weight excluding hydrogens is 305 g/mol. The molecule has 3 N–H and O–H groups in total. The Labute approximate surface area is 143 Å². The summed E-state index contributed by atoms with van der Waals surface area (Å²) in [4.78, 5) is 4.70. The maximum absolute atomic E-state index is 14.1. The zero-order valence-electron chi connectivity index (χ0n) is 14.4. The van der Waals surface area contributed by atoms with E-state index in [1.165, 1.54) is 6.07 Å². The van der Waals surface area contributed by atoms with Gasteiger partial charge in [0.1, 0.15) is 5.82 Å².